The molecule has 2 N–H and O–H groups in total. The lowest BCUT2D eigenvalue weighted by molar-refractivity contribution is -0.117. The molecule has 0 aliphatic heterocycles. The van der Waals surface area contributed by atoms with Gasteiger partial charge in [-0.15, -0.1) is 0 Å². The molecule has 0 fully saturated rings. The highest BCUT2D eigenvalue weighted by molar-refractivity contribution is 6.30. The maximum Gasteiger partial charge on any atom is 0.251 e. The summed E-state index contributed by atoms with van der Waals surface area (Å²) in [5.41, 5.74) is 0.895. The van der Waals surface area contributed by atoms with Gasteiger partial charge < -0.3 is 15.2 Å². The van der Waals surface area contributed by atoms with Crippen molar-refractivity contribution in [3.05, 3.63) is 58.0 Å². The number of benzene rings is 1. The molecule has 1 heterocycles. The third-order valence-electron chi connectivity index (χ3n) is 2.75. The van der Waals surface area contributed by atoms with Gasteiger partial charge in [0.1, 0.15) is 6.54 Å². The Morgan fingerprint density at radius 1 is 1.05 bits per heavy atom. The predicted molar refractivity (Wildman–Crippen MR) is 85.1 cm³/mol. The Kier molecular flexibility index (Phi) is 4.95. The Balaban J connectivity index is 2.01. The van der Waals surface area contributed by atoms with E-state index < -0.39 is 0 Å². The van der Waals surface area contributed by atoms with E-state index in [1.165, 1.54) is 29.8 Å². The first-order chi connectivity index (χ1) is 10.4. The van der Waals surface area contributed by atoms with Crippen LogP contribution in [0.25, 0.3) is 0 Å². The smallest absolute Gasteiger partial charge is 0.251 e. The minimum absolute atomic E-state index is 0.132. The number of nitrogens with one attached hydrogen (secondary N) is 2. The molecule has 0 spiro atoms. The Hall–Kier alpha value is -2.60. The van der Waals surface area contributed by atoms with Crippen molar-refractivity contribution in [2.75, 3.05) is 10.6 Å². The van der Waals surface area contributed by atoms with E-state index in [0.717, 1.165) is 0 Å². The lowest BCUT2D eigenvalue weighted by Gasteiger charge is -2.08. The van der Waals surface area contributed by atoms with Gasteiger partial charge in [-0.25, -0.2) is 0 Å². The number of aromatic nitrogens is 1. The molecule has 0 bridgehead atoms. The highest BCUT2D eigenvalue weighted by atomic mass is 35.5. The van der Waals surface area contributed by atoms with Crippen LogP contribution in [0.2, 0.25) is 5.02 Å². The van der Waals surface area contributed by atoms with Crippen LogP contribution in [0.3, 0.4) is 0 Å². The van der Waals surface area contributed by atoms with E-state index in [4.69, 9.17) is 11.6 Å². The molecule has 2 aromatic rings. The van der Waals surface area contributed by atoms with Crippen LogP contribution < -0.4 is 16.2 Å². The Morgan fingerprint density at radius 3 is 2.23 bits per heavy atom. The van der Waals surface area contributed by atoms with Crippen molar-refractivity contribution in [3.8, 4) is 0 Å². The molecule has 1 aromatic carbocycles. The van der Waals surface area contributed by atoms with Crippen molar-refractivity contribution >= 4 is 34.8 Å². The van der Waals surface area contributed by atoms with Gasteiger partial charge in [0, 0.05) is 30.6 Å². The normalized spacial score (nSPS) is 10.1. The average Bonchev–Trinajstić information content (AvgIpc) is 2.44. The summed E-state index contributed by atoms with van der Waals surface area (Å²) in [6.45, 7) is 1.28. The molecule has 0 radical (unpaired) electrons. The number of rotatable bonds is 4. The standard InChI is InChI=1S/C15H14ClN3O3/c1-10(20)17-12-3-5-13(6-4-12)18-14(21)9-19-8-11(16)2-7-15(19)22/h2-8H,9H2,1H3,(H,17,20)(H,18,21). The van der Waals surface area contributed by atoms with Crippen LogP contribution in [0.5, 0.6) is 0 Å². The van der Waals surface area contributed by atoms with Crippen molar-refractivity contribution < 1.29 is 9.59 Å². The SMILES string of the molecule is CC(=O)Nc1ccc(NC(=O)Cn2cc(Cl)ccc2=O)cc1. The first kappa shape index (κ1) is 15.8. The molecule has 22 heavy (non-hydrogen) atoms. The fourth-order valence-corrected chi connectivity index (χ4v) is 2.00. The number of nitrogens with zero attached hydrogens (tertiary/aromatic N) is 1. The molecular weight excluding hydrogens is 306 g/mol. The number of anilines is 2. The van der Waals surface area contributed by atoms with Crippen LogP contribution in [-0.2, 0) is 16.1 Å². The molecule has 6 nitrogen and oxygen atoms in total. The maximum atomic E-state index is 11.9. The second-order valence-corrected chi connectivity index (χ2v) is 5.06. The lowest BCUT2D eigenvalue weighted by atomic mass is 10.2. The molecule has 0 atom stereocenters. The number of carbonyl (C=O) groups excluding carboxylic acids is 2. The fourth-order valence-electron chi connectivity index (χ4n) is 1.82. The molecule has 1 aromatic heterocycles. The minimum atomic E-state index is -0.350. The van der Waals surface area contributed by atoms with Crippen molar-refractivity contribution in [1.29, 1.82) is 0 Å². The van der Waals surface area contributed by atoms with Gasteiger partial charge in [0.2, 0.25) is 11.8 Å². The Bertz CT molecular complexity index is 753. The largest absolute Gasteiger partial charge is 0.326 e. The third kappa shape index (κ3) is 4.46. The van der Waals surface area contributed by atoms with Gasteiger partial charge >= 0.3 is 0 Å². The first-order valence-corrected chi connectivity index (χ1v) is 6.85. The predicted octanol–water partition coefficient (Wildman–Crippen LogP) is 2.10. The summed E-state index contributed by atoms with van der Waals surface area (Å²) in [5, 5.41) is 5.67. The number of carbonyl (C=O) groups is 2. The van der Waals surface area contributed by atoms with E-state index in [2.05, 4.69) is 10.6 Å². The zero-order chi connectivity index (χ0) is 16.1. The van der Waals surface area contributed by atoms with Gasteiger partial charge in [0.15, 0.2) is 0 Å². The highest BCUT2D eigenvalue weighted by Crippen LogP contribution is 2.13. The van der Waals surface area contributed by atoms with Gasteiger partial charge in [0.05, 0.1) is 5.02 Å². The van der Waals surface area contributed by atoms with Crippen LogP contribution in [-0.4, -0.2) is 16.4 Å². The van der Waals surface area contributed by atoms with Crippen molar-refractivity contribution in [2.24, 2.45) is 0 Å². The number of pyridine rings is 1. The van der Waals surface area contributed by atoms with E-state index in [1.54, 1.807) is 24.3 Å². The van der Waals surface area contributed by atoms with E-state index in [-0.39, 0.29) is 23.9 Å². The van der Waals surface area contributed by atoms with Crippen LogP contribution in [0, 0.1) is 0 Å². The number of halogens is 1. The van der Waals surface area contributed by atoms with Crippen LogP contribution in [0.1, 0.15) is 6.92 Å². The quantitative estimate of drug-likeness (QED) is 0.905. The second-order valence-electron chi connectivity index (χ2n) is 4.62. The molecule has 2 amide bonds. The molecule has 2 rings (SSSR count). The Morgan fingerprint density at radius 2 is 1.64 bits per heavy atom. The highest BCUT2D eigenvalue weighted by Gasteiger charge is 2.06. The van der Waals surface area contributed by atoms with Crippen LogP contribution in [0.15, 0.2) is 47.4 Å². The average molecular weight is 320 g/mol. The maximum absolute atomic E-state index is 11.9. The van der Waals surface area contributed by atoms with E-state index >= 15 is 0 Å². The van der Waals surface area contributed by atoms with E-state index in [1.807, 2.05) is 0 Å². The fraction of sp³-hybridized carbons (Fsp3) is 0.133. The van der Waals surface area contributed by atoms with E-state index in [9.17, 15) is 14.4 Å². The molecule has 0 aliphatic carbocycles. The molecule has 0 saturated carbocycles. The summed E-state index contributed by atoms with van der Waals surface area (Å²) in [6.07, 6.45) is 1.41. The summed E-state index contributed by atoms with van der Waals surface area (Å²) in [5.74, 6) is -0.520. The van der Waals surface area contributed by atoms with Crippen molar-refractivity contribution in [1.82, 2.24) is 4.57 Å². The summed E-state index contributed by atoms with van der Waals surface area (Å²) in [6, 6.07) is 9.43. The summed E-state index contributed by atoms with van der Waals surface area (Å²) >= 11 is 5.79. The minimum Gasteiger partial charge on any atom is -0.326 e. The van der Waals surface area contributed by atoms with Gasteiger partial charge in [-0.3, -0.25) is 14.4 Å². The monoisotopic (exact) mass is 319 g/mol. The molecular formula is C15H14ClN3O3. The van der Waals surface area contributed by atoms with Gasteiger partial charge in [-0.05, 0) is 30.3 Å². The zero-order valence-corrected chi connectivity index (χ0v) is 12.6. The number of hydrogen-bond donors (Lipinski definition) is 2. The zero-order valence-electron chi connectivity index (χ0n) is 11.8. The molecule has 0 unspecified atom stereocenters. The van der Waals surface area contributed by atoms with Crippen LogP contribution in [0.4, 0.5) is 11.4 Å². The number of amides is 2. The topological polar surface area (TPSA) is 80.2 Å². The van der Waals surface area contributed by atoms with E-state index in [0.29, 0.717) is 16.4 Å². The Labute approximate surface area is 131 Å². The molecule has 0 saturated heterocycles. The van der Waals surface area contributed by atoms with Gasteiger partial charge in [-0.1, -0.05) is 11.6 Å². The van der Waals surface area contributed by atoms with Crippen LogP contribution >= 0.6 is 11.6 Å². The summed E-state index contributed by atoms with van der Waals surface area (Å²) in [7, 11) is 0. The third-order valence-corrected chi connectivity index (χ3v) is 2.97. The molecule has 114 valence electrons. The summed E-state index contributed by atoms with van der Waals surface area (Å²) < 4.78 is 1.23. The first-order valence-electron chi connectivity index (χ1n) is 6.47. The number of hydrogen-bond acceptors (Lipinski definition) is 3. The molecule has 7 heteroatoms. The second kappa shape index (κ2) is 6.91. The summed E-state index contributed by atoms with van der Waals surface area (Å²) in [4.78, 5) is 34.4. The van der Waals surface area contributed by atoms with Gasteiger partial charge in [0.25, 0.3) is 5.56 Å². The lowest BCUT2D eigenvalue weighted by Crippen LogP contribution is -2.26. The van der Waals surface area contributed by atoms with Crippen molar-refractivity contribution in [3.63, 3.8) is 0 Å². The van der Waals surface area contributed by atoms with Gasteiger partial charge in [-0.2, -0.15) is 0 Å². The molecule has 0 aliphatic rings. The van der Waals surface area contributed by atoms with Crippen molar-refractivity contribution in [2.45, 2.75) is 13.5 Å².